The maximum atomic E-state index is 10.3. The Morgan fingerprint density at radius 3 is 0.867 bits per heavy atom. The van der Waals surface area contributed by atoms with Crippen molar-refractivity contribution in [1.29, 1.82) is 0 Å². The standard InChI is InChI=1S/C5H12O4.C2F4/c6-1-5(2-7,3-8)4-9;3-1(4)2(5)6/h6-9H,1-4H2;. The Kier molecular flexibility index (Phi) is 9.58. The maximum Gasteiger partial charge on any atom is 0.334 e. The van der Waals surface area contributed by atoms with Gasteiger partial charge in [0.05, 0.1) is 31.8 Å². The summed E-state index contributed by atoms with van der Waals surface area (Å²) in [5.41, 5.74) is -1.11. The number of aliphatic hydroxyl groups excluding tert-OH is 4. The third-order valence-corrected chi connectivity index (χ3v) is 1.48. The van der Waals surface area contributed by atoms with Gasteiger partial charge in [-0.05, 0) is 0 Å². The smallest absolute Gasteiger partial charge is 0.334 e. The lowest BCUT2D eigenvalue weighted by atomic mass is 9.93. The van der Waals surface area contributed by atoms with Crippen molar-refractivity contribution in [3.05, 3.63) is 12.2 Å². The van der Waals surface area contributed by atoms with Crippen LogP contribution < -0.4 is 0 Å². The number of hydrogen-bond acceptors (Lipinski definition) is 4. The Morgan fingerprint density at radius 2 is 0.867 bits per heavy atom. The second-order valence-electron chi connectivity index (χ2n) is 2.65. The fourth-order valence-corrected chi connectivity index (χ4v) is 0.300. The first-order chi connectivity index (χ1) is 6.89. The minimum absolute atomic E-state index is 0.406. The number of rotatable bonds is 4. The summed E-state index contributed by atoms with van der Waals surface area (Å²) in [4.78, 5) is 0. The lowest BCUT2D eigenvalue weighted by Crippen LogP contribution is -2.37. The summed E-state index contributed by atoms with van der Waals surface area (Å²) in [7, 11) is 0. The van der Waals surface area contributed by atoms with Crippen molar-refractivity contribution < 1.29 is 38.0 Å². The number of aliphatic hydroxyl groups is 4. The van der Waals surface area contributed by atoms with Gasteiger partial charge >= 0.3 is 12.2 Å². The molecule has 0 spiro atoms. The molecule has 0 aliphatic rings. The molecule has 92 valence electrons. The van der Waals surface area contributed by atoms with Crippen molar-refractivity contribution in [1.82, 2.24) is 0 Å². The fourth-order valence-electron chi connectivity index (χ4n) is 0.300. The van der Waals surface area contributed by atoms with Gasteiger partial charge in [-0.25, -0.2) is 0 Å². The Balaban J connectivity index is 0. The zero-order chi connectivity index (χ0) is 12.5. The summed E-state index contributed by atoms with van der Waals surface area (Å²) in [6, 6.07) is 0. The van der Waals surface area contributed by atoms with Crippen LogP contribution in [0.5, 0.6) is 0 Å². The number of halogens is 4. The van der Waals surface area contributed by atoms with E-state index in [1.54, 1.807) is 0 Å². The van der Waals surface area contributed by atoms with E-state index in [-0.39, 0.29) is 0 Å². The van der Waals surface area contributed by atoms with Crippen LogP contribution in [0.2, 0.25) is 0 Å². The first kappa shape index (κ1) is 16.7. The van der Waals surface area contributed by atoms with E-state index in [1.165, 1.54) is 0 Å². The van der Waals surface area contributed by atoms with Gasteiger partial charge in [0.15, 0.2) is 0 Å². The predicted molar refractivity (Wildman–Crippen MR) is 42.2 cm³/mol. The van der Waals surface area contributed by atoms with Crippen LogP contribution in [-0.2, 0) is 0 Å². The quantitative estimate of drug-likeness (QED) is 0.515. The molecule has 0 aromatic rings. The zero-order valence-corrected chi connectivity index (χ0v) is 7.63. The average Bonchev–Trinajstić information content (AvgIpc) is 2.23. The van der Waals surface area contributed by atoms with Gasteiger partial charge in [0.2, 0.25) is 0 Å². The van der Waals surface area contributed by atoms with Gasteiger partial charge in [-0.3, -0.25) is 0 Å². The fraction of sp³-hybridized carbons (Fsp3) is 0.714. The van der Waals surface area contributed by atoms with E-state index in [0.29, 0.717) is 0 Å². The van der Waals surface area contributed by atoms with Crippen LogP contribution >= 0.6 is 0 Å². The molecule has 0 amide bonds. The van der Waals surface area contributed by atoms with E-state index >= 15 is 0 Å². The first-order valence-corrected chi connectivity index (χ1v) is 3.69. The highest BCUT2D eigenvalue weighted by atomic mass is 19.3. The topological polar surface area (TPSA) is 80.9 Å². The molecule has 4 nitrogen and oxygen atoms in total. The average molecular weight is 236 g/mol. The summed E-state index contributed by atoms with van der Waals surface area (Å²) in [5.74, 6) is 0. The van der Waals surface area contributed by atoms with Gasteiger partial charge < -0.3 is 20.4 Å². The van der Waals surface area contributed by atoms with Crippen molar-refractivity contribution >= 4 is 0 Å². The Hall–Kier alpha value is -0.700. The monoisotopic (exact) mass is 236 g/mol. The number of hydrogen-bond donors (Lipinski definition) is 4. The van der Waals surface area contributed by atoms with Gasteiger partial charge in [0.1, 0.15) is 0 Å². The molecule has 0 aromatic carbocycles. The highest BCUT2D eigenvalue weighted by molar-refractivity contribution is 4.77. The molecule has 0 fully saturated rings. The van der Waals surface area contributed by atoms with Crippen molar-refractivity contribution in [2.24, 2.45) is 5.41 Å². The third kappa shape index (κ3) is 7.25. The molecule has 4 N–H and O–H groups in total. The van der Waals surface area contributed by atoms with Gasteiger partial charge in [-0.2, -0.15) is 17.6 Å². The Morgan fingerprint density at radius 1 is 0.667 bits per heavy atom. The summed E-state index contributed by atoms with van der Waals surface area (Å²) in [5, 5.41) is 34.0. The molecule has 0 heterocycles. The summed E-state index contributed by atoms with van der Waals surface area (Å²) < 4.78 is 41.1. The maximum absolute atomic E-state index is 10.3. The molecular formula is C7H12F4O4. The van der Waals surface area contributed by atoms with Crippen LogP contribution in [0.4, 0.5) is 17.6 Å². The molecule has 8 heteroatoms. The van der Waals surface area contributed by atoms with Gasteiger partial charge in [-0.1, -0.05) is 0 Å². The molecule has 0 atom stereocenters. The van der Waals surface area contributed by atoms with Gasteiger partial charge in [0.25, 0.3) is 0 Å². The largest absolute Gasteiger partial charge is 0.396 e. The summed E-state index contributed by atoms with van der Waals surface area (Å²) in [6.45, 7) is -1.62. The highest BCUT2D eigenvalue weighted by Gasteiger charge is 2.26. The van der Waals surface area contributed by atoms with Crippen LogP contribution in [0.25, 0.3) is 0 Å². The van der Waals surface area contributed by atoms with E-state index in [9.17, 15) is 17.6 Å². The van der Waals surface area contributed by atoms with Crippen molar-refractivity contribution in [3.63, 3.8) is 0 Å². The van der Waals surface area contributed by atoms with Crippen LogP contribution in [0, 0.1) is 5.41 Å². The molecule has 0 bridgehead atoms. The van der Waals surface area contributed by atoms with E-state index in [2.05, 4.69) is 0 Å². The van der Waals surface area contributed by atoms with Crippen LogP contribution in [0.1, 0.15) is 0 Å². The molecular weight excluding hydrogens is 224 g/mol. The van der Waals surface area contributed by atoms with Crippen molar-refractivity contribution in [3.8, 4) is 0 Å². The minimum Gasteiger partial charge on any atom is -0.396 e. The van der Waals surface area contributed by atoms with E-state index in [4.69, 9.17) is 20.4 Å². The van der Waals surface area contributed by atoms with Crippen LogP contribution in [0.15, 0.2) is 12.2 Å². The van der Waals surface area contributed by atoms with Crippen molar-refractivity contribution in [2.75, 3.05) is 26.4 Å². The van der Waals surface area contributed by atoms with Crippen LogP contribution in [-0.4, -0.2) is 46.9 Å². The molecule has 0 rings (SSSR count). The van der Waals surface area contributed by atoms with Gasteiger partial charge in [-0.15, -0.1) is 0 Å². The Labute approximate surface area is 83.1 Å². The van der Waals surface area contributed by atoms with E-state index < -0.39 is 44.0 Å². The van der Waals surface area contributed by atoms with E-state index in [0.717, 1.165) is 0 Å². The predicted octanol–water partition coefficient (Wildman–Crippen LogP) is -0.0670. The third-order valence-electron chi connectivity index (χ3n) is 1.48. The first-order valence-electron chi connectivity index (χ1n) is 3.69. The minimum atomic E-state index is -2.91. The summed E-state index contributed by atoms with van der Waals surface area (Å²) >= 11 is 0. The lowest BCUT2D eigenvalue weighted by Gasteiger charge is -2.23. The molecule has 0 aliphatic carbocycles. The zero-order valence-electron chi connectivity index (χ0n) is 7.63. The molecule has 0 aliphatic heterocycles. The highest BCUT2D eigenvalue weighted by Crippen LogP contribution is 2.11. The summed E-state index contributed by atoms with van der Waals surface area (Å²) in [6.07, 6.45) is -5.81. The molecule has 0 radical (unpaired) electrons. The van der Waals surface area contributed by atoms with Crippen molar-refractivity contribution in [2.45, 2.75) is 0 Å². The lowest BCUT2D eigenvalue weighted by molar-refractivity contribution is -0.0328. The molecule has 0 unspecified atom stereocenters. The SMILES string of the molecule is FC(F)=C(F)F.OCC(CO)(CO)CO. The van der Waals surface area contributed by atoms with Crippen LogP contribution in [0.3, 0.4) is 0 Å². The molecule has 0 aromatic heterocycles. The Bertz CT molecular complexity index is 158. The molecule has 15 heavy (non-hydrogen) atoms. The second kappa shape index (κ2) is 8.60. The second-order valence-corrected chi connectivity index (χ2v) is 2.65. The van der Waals surface area contributed by atoms with Gasteiger partial charge in [0, 0.05) is 0 Å². The normalized spacial score (nSPS) is 10.4. The van der Waals surface area contributed by atoms with E-state index in [1.807, 2.05) is 0 Å². The molecule has 0 saturated heterocycles. The molecule has 0 saturated carbocycles.